The minimum absolute atomic E-state index is 0.00227. The first-order valence-electron chi connectivity index (χ1n) is 5.79. The summed E-state index contributed by atoms with van der Waals surface area (Å²) in [7, 11) is 0. The van der Waals surface area contributed by atoms with Crippen LogP contribution in [0.5, 0.6) is 0 Å². The minimum Gasteiger partial charge on any atom is -0.330 e. The molecule has 0 fully saturated rings. The normalized spacial score (nSPS) is 10.3. The van der Waals surface area contributed by atoms with Gasteiger partial charge in [0.15, 0.2) is 0 Å². The number of hydrogen-bond acceptors (Lipinski definition) is 4. The van der Waals surface area contributed by atoms with E-state index < -0.39 is 0 Å². The lowest BCUT2D eigenvalue weighted by molar-refractivity contribution is -0.116. The van der Waals surface area contributed by atoms with Gasteiger partial charge in [0.25, 0.3) is 0 Å². The molecule has 1 aromatic carbocycles. The fourth-order valence-corrected chi connectivity index (χ4v) is 2.19. The number of aromatic nitrogens is 1. The molecule has 1 amide bonds. The standard InChI is InChI=1S/C13H15N3OS/c14-7-1-2-12(17)16-11-5-3-10(4-6-11)13-15-8-9-18-13/h3-6,8-9H,1-2,7,14H2,(H,16,17). The summed E-state index contributed by atoms with van der Waals surface area (Å²) in [6.07, 6.45) is 2.95. The number of carbonyl (C=O) groups is 1. The van der Waals surface area contributed by atoms with Crippen molar-refractivity contribution in [3.8, 4) is 10.6 Å². The number of nitrogens with two attached hydrogens (primary N) is 1. The highest BCUT2D eigenvalue weighted by Gasteiger charge is 2.03. The molecule has 94 valence electrons. The molecule has 1 aromatic heterocycles. The van der Waals surface area contributed by atoms with Gasteiger partial charge in [-0.3, -0.25) is 4.79 Å². The average Bonchev–Trinajstić information content (AvgIpc) is 2.91. The molecule has 3 N–H and O–H groups in total. The van der Waals surface area contributed by atoms with E-state index >= 15 is 0 Å². The van der Waals surface area contributed by atoms with Gasteiger partial charge in [0.05, 0.1) is 0 Å². The molecule has 0 spiro atoms. The SMILES string of the molecule is NCCCC(=O)Nc1ccc(-c2nccs2)cc1. The van der Waals surface area contributed by atoms with E-state index in [2.05, 4.69) is 10.3 Å². The Labute approximate surface area is 110 Å². The number of nitrogens with one attached hydrogen (secondary N) is 1. The Morgan fingerprint density at radius 1 is 1.33 bits per heavy atom. The molecule has 0 radical (unpaired) electrons. The fourth-order valence-electron chi connectivity index (χ4n) is 1.55. The Morgan fingerprint density at radius 2 is 2.11 bits per heavy atom. The van der Waals surface area contributed by atoms with Crippen LogP contribution in [0.15, 0.2) is 35.8 Å². The quantitative estimate of drug-likeness (QED) is 0.869. The number of amides is 1. The van der Waals surface area contributed by atoms with Crippen molar-refractivity contribution in [1.29, 1.82) is 0 Å². The van der Waals surface area contributed by atoms with Crippen LogP contribution in [0.4, 0.5) is 5.69 Å². The Balaban J connectivity index is 1.98. The molecule has 2 rings (SSSR count). The summed E-state index contributed by atoms with van der Waals surface area (Å²) in [4.78, 5) is 15.7. The zero-order chi connectivity index (χ0) is 12.8. The molecule has 0 aliphatic carbocycles. The first kappa shape index (κ1) is 12.7. The molecule has 2 aromatic rings. The minimum atomic E-state index is 0.00227. The summed E-state index contributed by atoms with van der Waals surface area (Å²) in [6, 6.07) is 7.68. The summed E-state index contributed by atoms with van der Waals surface area (Å²) in [5.74, 6) is 0.00227. The molecule has 0 aliphatic rings. The Bertz CT molecular complexity index is 493. The van der Waals surface area contributed by atoms with Crippen molar-refractivity contribution in [2.24, 2.45) is 5.73 Å². The predicted molar refractivity (Wildman–Crippen MR) is 74.5 cm³/mol. The summed E-state index contributed by atoms with van der Waals surface area (Å²) >= 11 is 1.59. The van der Waals surface area contributed by atoms with E-state index in [1.807, 2.05) is 29.6 Å². The molecular formula is C13H15N3OS. The highest BCUT2D eigenvalue weighted by atomic mass is 32.1. The molecule has 0 unspecified atom stereocenters. The molecule has 18 heavy (non-hydrogen) atoms. The summed E-state index contributed by atoms with van der Waals surface area (Å²) in [5.41, 5.74) is 7.22. The highest BCUT2D eigenvalue weighted by Crippen LogP contribution is 2.23. The van der Waals surface area contributed by atoms with Crippen molar-refractivity contribution in [1.82, 2.24) is 4.98 Å². The topological polar surface area (TPSA) is 68.0 Å². The fraction of sp³-hybridized carbons (Fsp3) is 0.231. The summed E-state index contributed by atoms with van der Waals surface area (Å²) < 4.78 is 0. The molecule has 0 aliphatic heterocycles. The van der Waals surface area contributed by atoms with Crippen molar-refractivity contribution in [2.45, 2.75) is 12.8 Å². The van der Waals surface area contributed by atoms with Crippen LogP contribution < -0.4 is 11.1 Å². The van der Waals surface area contributed by atoms with Gasteiger partial charge < -0.3 is 11.1 Å². The van der Waals surface area contributed by atoms with Crippen molar-refractivity contribution in [3.63, 3.8) is 0 Å². The zero-order valence-corrected chi connectivity index (χ0v) is 10.7. The second-order valence-electron chi connectivity index (χ2n) is 3.86. The lowest BCUT2D eigenvalue weighted by Gasteiger charge is -2.05. The number of carbonyl (C=O) groups excluding carboxylic acids is 1. The predicted octanol–water partition coefficient (Wildman–Crippen LogP) is 2.49. The van der Waals surface area contributed by atoms with Gasteiger partial charge in [-0.25, -0.2) is 4.98 Å². The third-order valence-corrected chi connectivity index (χ3v) is 3.28. The van der Waals surface area contributed by atoms with Gasteiger partial charge in [0.2, 0.25) is 5.91 Å². The van der Waals surface area contributed by atoms with Gasteiger partial charge in [-0.15, -0.1) is 11.3 Å². The number of rotatable bonds is 5. The number of nitrogens with zero attached hydrogens (tertiary/aromatic N) is 1. The Kier molecular flexibility index (Phi) is 4.44. The first-order valence-corrected chi connectivity index (χ1v) is 6.67. The van der Waals surface area contributed by atoms with Crippen LogP contribution in [0.25, 0.3) is 10.6 Å². The molecule has 1 heterocycles. The van der Waals surface area contributed by atoms with Crippen LogP contribution >= 0.6 is 11.3 Å². The molecule has 0 saturated heterocycles. The lowest BCUT2D eigenvalue weighted by atomic mass is 10.2. The van der Waals surface area contributed by atoms with Gasteiger partial charge in [-0.2, -0.15) is 0 Å². The van der Waals surface area contributed by atoms with Crippen LogP contribution in [0.2, 0.25) is 0 Å². The van der Waals surface area contributed by atoms with Gasteiger partial charge in [-0.1, -0.05) is 0 Å². The van der Waals surface area contributed by atoms with Crippen LogP contribution in [0.3, 0.4) is 0 Å². The van der Waals surface area contributed by atoms with Gasteiger partial charge >= 0.3 is 0 Å². The molecule has 5 heteroatoms. The van der Waals surface area contributed by atoms with Gasteiger partial charge in [0, 0.05) is 29.2 Å². The number of anilines is 1. The maximum Gasteiger partial charge on any atom is 0.224 e. The smallest absolute Gasteiger partial charge is 0.224 e. The Morgan fingerprint density at radius 3 is 2.72 bits per heavy atom. The second-order valence-corrected chi connectivity index (χ2v) is 4.75. The van der Waals surface area contributed by atoms with Crippen molar-refractivity contribution in [2.75, 3.05) is 11.9 Å². The van der Waals surface area contributed by atoms with E-state index in [-0.39, 0.29) is 5.91 Å². The zero-order valence-electron chi connectivity index (χ0n) is 9.93. The van der Waals surface area contributed by atoms with E-state index in [0.717, 1.165) is 16.3 Å². The van der Waals surface area contributed by atoms with Crippen molar-refractivity contribution >= 4 is 22.9 Å². The molecule has 4 nitrogen and oxygen atoms in total. The number of thiazole rings is 1. The van der Waals surface area contributed by atoms with E-state index in [4.69, 9.17) is 5.73 Å². The van der Waals surface area contributed by atoms with Crippen molar-refractivity contribution in [3.05, 3.63) is 35.8 Å². The van der Waals surface area contributed by atoms with E-state index in [1.54, 1.807) is 17.5 Å². The number of hydrogen-bond donors (Lipinski definition) is 2. The first-order chi connectivity index (χ1) is 8.79. The van der Waals surface area contributed by atoms with Gasteiger partial charge in [-0.05, 0) is 37.2 Å². The molecular weight excluding hydrogens is 246 g/mol. The van der Waals surface area contributed by atoms with E-state index in [1.165, 1.54) is 0 Å². The maximum absolute atomic E-state index is 11.5. The third-order valence-electron chi connectivity index (χ3n) is 2.46. The number of benzene rings is 1. The second kappa shape index (κ2) is 6.28. The molecule has 0 bridgehead atoms. The van der Waals surface area contributed by atoms with E-state index in [9.17, 15) is 4.79 Å². The monoisotopic (exact) mass is 261 g/mol. The average molecular weight is 261 g/mol. The van der Waals surface area contributed by atoms with E-state index in [0.29, 0.717) is 19.4 Å². The summed E-state index contributed by atoms with van der Waals surface area (Å²) in [5, 5.41) is 5.76. The van der Waals surface area contributed by atoms with Crippen LogP contribution in [0, 0.1) is 0 Å². The van der Waals surface area contributed by atoms with Crippen LogP contribution in [0.1, 0.15) is 12.8 Å². The molecule has 0 atom stereocenters. The van der Waals surface area contributed by atoms with Gasteiger partial charge in [0.1, 0.15) is 5.01 Å². The largest absolute Gasteiger partial charge is 0.330 e. The highest BCUT2D eigenvalue weighted by molar-refractivity contribution is 7.13. The van der Waals surface area contributed by atoms with Crippen molar-refractivity contribution < 1.29 is 4.79 Å². The lowest BCUT2D eigenvalue weighted by Crippen LogP contribution is -2.13. The van der Waals surface area contributed by atoms with Crippen LogP contribution in [-0.4, -0.2) is 17.4 Å². The third kappa shape index (κ3) is 3.38. The maximum atomic E-state index is 11.5. The Hall–Kier alpha value is -1.72. The van der Waals surface area contributed by atoms with Crippen LogP contribution in [-0.2, 0) is 4.79 Å². The summed E-state index contributed by atoms with van der Waals surface area (Å²) in [6.45, 7) is 0.538. The molecule has 0 saturated carbocycles.